The van der Waals surface area contributed by atoms with Gasteiger partial charge in [-0.1, -0.05) is 6.07 Å². The monoisotopic (exact) mass is 375 g/mol. The fourth-order valence-electron chi connectivity index (χ4n) is 3.26. The van der Waals surface area contributed by atoms with Crippen molar-refractivity contribution in [3.63, 3.8) is 0 Å². The number of likely N-dealkylation sites (tertiary alicyclic amines) is 1. The molecular formula is C19H25N3O3S. The van der Waals surface area contributed by atoms with Crippen LogP contribution in [0, 0.1) is 5.92 Å². The van der Waals surface area contributed by atoms with Crippen molar-refractivity contribution < 1.29 is 14.6 Å². The standard InChI is InChI=1S/C19H25N3O3S/c1-21-11-8-20-19(21)18(24)14-6-9-22(10-7-14)17(23)13-26-16-5-3-4-15(12-16)25-2/h3-5,8,11-12,14,18,24H,6-7,9-10,13H2,1-2H3/t18-/m1/s1. The van der Waals surface area contributed by atoms with Crippen LogP contribution in [0.4, 0.5) is 0 Å². The molecule has 140 valence electrons. The fraction of sp³-hybridized carbons (Fsp3) is 0.474. The average Bonchev–Trinajstić information content (AvgIpc) is 3.11. The SMILES string of the molecule is COc1cccc(SCC(=O)N2CCC([C@@H](O)c3nccn3C)CC2)c1. The predicted molar refractivity (Wildman–Crippen MR) is 101 cm³/mol. The lowest BCUT2D eigenvalue weighted by molar-refractivity contribution is -0.130. The molecule has 6 nitrogen and oxygen atoms in total. The third kappa shape index (κ3) is 4.40. The van der Waals surface area contributed by atoms with E-state index in [1.54, 1.807) is 13.3 Å². The summed E-state index contributed by atoms with van der Waals surface area (Å²) in [5.74, 6) is 2.20. The highest BCUT2D eigenvalue weighted by atomic mass is 32.2. The van der Waals surface area contributed by atoms with E-state index in [0.29, 0.717) is 24.7 Å². The zero-order valence-electron chi connectivity index (χ0n) is 15.2. The number of benzene rings is 1. The third-order valence-electron chi connectivity index (χ3n) is 4.87. The lowest BCUT2D eigenvalue weighted by atomic mass is 9.90. The molecule has 1 N–H and O–H groups in total. The van der Waals surface area contributed by atoms with Crippen LogP contribution in [0.1, 0.15) is 24.8 Å². The summed E-state index contributed by atoms with van der Waals surface area (Å²) < 4.78 is 7.07. The normalized spacial score (nSPS) is 16.5. The van der Waals surface area contributed by atoms with E-state index in [2.05, 4.69) is 4.98 Å². The van der Waals surface area contributed by atoms with E-state index >= 15 is 0 Å². The molecule has 1 atom stereocenters. The maximum atomic E-state index is 12.5. The summed E-state index contributed by atoms with van der Waals surface area (Å²) in [7, 11) is 3.53. The van der Waals surface area contributed by atoms with Crippen LogP contribution >= 0.6 is 11.8 Å². The second-order valence-electron chi connectivity index (χ2n) is 6.53. The Morgan fingerprint density at radius 1 is 1.42 bits per heavy atom. The Balaban J connectivity index is 1.48. The molecule has 1 amide bonds. The Bertz CT molecular complexity index is 741. The number of hydrogen-bond acceptors (Lipinski definition) is 5. The number of aliphatic hydroxyl groups excluding tert-OH is 1. The Morgan fingerprint density at radius 2 is 2.19 bits per heavy atom. The number of ether oxygens (including phenoxy) is 1. The van der Waals surface area contributed by atoms with Crippen LogP contribution in [0.15, 0.2) is 41.6 Å². The van der Waals surface area contributed by atoms with Gasteiger partial charge in [0, 0.05) is 37.4 Å². The number of aliphatic hydroxyl groups is 1. The van der Waals surface area contributed by atoms with Gasteiger partial charge in [0.25, 0.3) is 0 Å². The number of carbonyl (C=O) groups excluding carboxylic acids is 1. The summed E-state index contributed by atoms with van der Waals surface area (Å²) >= 11 is 1.52. The Hall–Kier alpha value is -1.99. The van der Waals surface area contributed by atoms with E-state index in [1.165, 1.54) is 11.8 Å². The van der Waals surface area contributed by atoms with Gasteiger partial charge in [-0.15, -0.1) is 11.8 Å². The summed E-state index contributed by atoms with van der Waals surface area (Å²) in [5, 5.41) is 10.5. The molecule has 2 heterocycles. The number of aryl methyl sites for hydroxylation is 1. The molecule has 0 radical (unpaired) electrons. The van der Waals surface area contributed by atoms with Crippen molar-refractivity contribution in [3.05, 3.63) is 42.5 Å². The van der Waals surface area contributed by atoms with Gasteiger partial charge in [0.15, 0.2) is 0 Å². The van der Waals surface area contributed by atoms with Gasteiger partial charge in [0.05, 0.1) is 12.9 Å². The maximum Gasteiger partial charge on any atom is 0.232 e. The minimum Gasteiger partial charge on any atom is -0.497 e. The van der Waals surface area contributed by atoms with Gasteiger partial charge in [-0.25, -0.2) is 4.98 Å². The van der Waals surface area contributed by atoms with Crippen molar-refractivity contribution in [2.24, 2.45) is 13.0 Å². The minimum absolute atomic E-state index is 0.141. The molecule has 0 spiro atoms. The number of imidazole rings is 1. The number of methoxy groups -OCH3 is 1. The lowest BCUT2D eigenvalue weighted by Gasteiger charge is -2.34. The van der Waals surface area contributed by atoms with E-state index in [4.69, 9.17) is 4.74 Å². The highest BCUT2D eigenvalue weighted by Gasteiger charge is 2.29. The molecule has 1 aromatic heterocycles. The first-order valence-corrected chi connectivity index (χ1v) is 9.77. The van der Waals surface area contributed by atoms with Crippen LogP contribution in [0.25, 0.3) is 0 Å². The fourth-order valence-corrected chi connectivity index (χ4v) is 4.11. The van der Waals surface area contributed by atoms with E-state index in [9.17, 15) is 9.90 Å². The zero-order valence-corrected chi connectivity index (χ0v) is 16.0. The van der Waals surface area contributed by atoms with Crippen molar-refractivity contribution >= 4 is 17.7 Å². The molecule has 1 aliphatic heterocycles. The Labute approximate surface area is 158 Å². The largest absolute Gasteiger partial charge is 0.497 e. The molecule has 1 aromatic carbocycles. The van der Waals surface area contributed by atoms with Crippen LogP contribution in [0.2, 0.25) is 0 Å². The van der Waals surface area contributed by atoms with Crippen LogP contribution in [0.3, 0.4) is 0 Å². The lowest BCUT2D eigenvalue weighted by Crippen LogP contribution is -2.40. The first kappa shape index (κ1) is 18.8. The van der Waals surface area contributed by atoms with Gasteiger partial charge in [-0.2, -0.15) is 0 Å². The Kier molecular flexibility index (Phi) is 6.21. The minimum atomic E-state index is -0.571. The molecule has 2 aromatic rings. The summed E-state index contributed by atoms with van der Waals surface area (Å²) in [4.78, 5) is 19.6. The van der Waals surface area contributed by atoms with Crippen molar-refractivity contribution in [3.8, 4) is 5.75 Å². The van der Waals surface area contributed by atoms with Crippen molar-refractivity contribution in [2.45, 2.75) is 23.8 Å². The molecule has 1 aliphatic rings. The molecule has 0 saturated carbocycles. The second-order valence-corrected chi connectivity index (χ2v) is 7.58. The summed E-state index contributed by atoms with van der Waals surface area (Å²) in [6.45, 7) is 1.37. The predicted octanol–water partition coefficient (Wildman–Crippen LogP) is 2.49. The number of thioether (sulfide) groups is 1. The van der Waals surface area contributed by atoms with Gasteiger partial charge in [0.2, 0.25) is 5.91 Å². The number of piperidine rings is 1. The van der Waals surface area contributed by atoms with E-state index in [-0.39, 0.29) is 11.8 Å². The third-order valence-corrected chi connectivity index (χ3v) is 5.84. The van der Waals surface area contributed by atoms with Crippen LogP contribution in [-0.2, 0) is 11.8 Å². The molecule has 0 aliphatic carbocycles. The molecular weight excluding hydrogens is 350 g/mol. The average molecular weight is 375 g/mol. The van der Waals surface area contributed by atoms with Crippen LogP contribution in [0.5, 0.6) is 5.75 Å². The number of aromatic nitrogens is 2. The highest BCUT2D eigenvalue weighted by molar-refractivity contribution is 8.00. The number of rotatable bonds is 6. The molecule has 3 rings (SSSR count). The van der Waals surface area contributed by atoms with Crippen LogP contribution in [-0.4, -0.2) is 51.4 Å². The van der Waals surface area contributed by atoms with Gasteiger partial charge in [-0.3, -0.25) is 4.79 Å². The summed E-state index contributed by atoms with van der Waals surface area (Å²) in [6, 6.07) is 7.74. The topological polar surface area (TPSA) is 67.6 Å². The molecule has 26 heavy (non-hydrogen) atoms. The van der Waals surface area contributed by atoms with Gasteiger partial charge in [-0.05, 0) is 37.0 Å². The summed E-state index contributed by atoms with van der Waals surface area (Å²) in [5.41, 5.74) is 0. The molecule has 1 saturated heterocycles. The molecule has 0 bridgehead atoms. The number of hydrogen-bond donors (Lipinski definition) is 1. The molecule has 1 fully saturated rings. The van der Waals surface area contributed by atoms with E-state index in [1.807, 2.05) is 47.0 Å². The quantitative estimate of drug-likeness (QED) is 0.786. The van der Waals surface area contributed by atoms with E-state index < -0.39 is 6.10 Å². The number of amides is 1. The Morgan fingerprint density at radius 3 is 2.85 bits per heavy atom. The number of carbonyl (C=O) groups is 1. The van der Waals surface area contributed by atoms with Crippen molar-refractivity contribution in [1.82, 2.24) is 14.5 Å². The smallest absolute Gasteiger partial charge is 0.232 e. The molecule has 7 heteroatoms. The van der Waals surface area contributed by atoms with Gasteiger partial charge >= 0.3 is 0 Å². The van der Waals surface area contributed by atoms with Crippen LogP contribution < -0.4 is 4.74 Å². The first-order chi connectivity index (χ1) is 12.6. The molecule has 0 unspecified atom stereocenters. The second kappa shape index (κ2) is 8.60. The van der Waals surface area contributed by atoms with Gasteiger partial charge in [0.1, 0.15) is 17.7 Å². The van der Waals surface area contributed by atoms with E-state index in [0.717, 1.165) is 23.5 Å². The maximum absolute atomic E-state index is 12.5. The highest BCUT2D eigenvalue weighted by Crippen LogP contribution is 2.30. The summed E-state index contributed by atoms with van der Waals surface area (Å²) in [6.07, 6.45) is 4.56. The van der Waals surface area contributed by atoms with Crippen molar-refractivity contribution in [2.75, 3.05) is 26.0 Å². The van der Waals surface area contributed by atoms with Crippen molar-refractivity contribution in [1.29, 1.82) is 0 Å². The zero-order chi connectivity index (χ0) is 18.5. The number of nitrogens with zero attached hydrogens (tertiary/aromatic N) is 3. The first-order valence-electron chi connectivity index (χ1n) is 8.78. The van der Waals surface area contributed by atoms with Gasteiger partial charge < -0.3 is 19.3 Å².